The van der Waals surface area contributed by atoms with E-state index >= 15 is 0 Å². The predicted molar refractivity (Wildman–Crippen MR) is 125 cm³/mol. The van der Waals surface area contributed by atoms with Crippen LogP contribution in [0.25, 0.3) is 0 Å². The second-order valence-electron chi connectivity index (χ2n) is 7.06. The van der Waals surface area contributed by atoms with Crippen molar-refractivity contribution >= 4 is 29.3 Å². The van der Waals surface area contributed by atoms with Crippen molar-refractivity contribution in [2.45, 2.75) is 26.8 Å². The number of benzene rings is 2. The van der Waals surface area contributed by atoms with E-state index in [1.165, 1.54) is 0 Å². The molecule has 32 heavy (non-hydrogen) atoms. The van der Waals surface area contributed by atoms with Gasteiger partial charge in [0, 0.05) is 12.7 Å². The highest BCUT2D eigenvalue weighted by molar-refractivity contribution is 7.80. The van der Waals surface area contributed by atoms with Crippen LogP contribution in [0.5, 0.6) is 11.5 Å². The first-order chi connectivity index (χ1) is 15.4. The molecule has 1 N–H and O–H groups in total. The fourth-order valence-corrected chi connectivity index (χ4v) is 3.60. The van der Waals surface area contributed by atoms with E-state index in [1.807, 2.05) is 19.9 Å². The Morgan fingerprint density at radius 1 is 1.03 bits per heavy atom. The molecule has 0 saturated carbocycles. The molecule has 7 nitrogen and oxygen atoms in total. The van der Waals surface area contributed by atoms with Gasteiger partial charge < -0.3 is 24.4 Å². The summed E-state index contributed by atoms with van der Waals surface area (Å²) in [5.41, 5.74) is 2.32. The minimum absolute atomic E-state index is 0.259. The summed E-state index contributed by atoms with van der Waals surface area (Å²) in [6.45, 7) is 6.06. The van der Waals surface area contributed by atoms with Crippen molar-refractivity contribution in [3.63, 3.8) is 0 Å². The van der Waals surface area contributed by atoms with Crippen LogP contribution in [-0.2, 0) is 9.53 Å². The fourth-order valence-electron chi connectivity index (χ4n) is 3.35. The van der Waals surface area contributed by atoms with Crippen LogP contribution >= 0.6 is 12.2 Å². The highest BCUT2D eigenvalue weighted by Crippen LogP contribution is 2.36. The summed E-state index contributed by atoms with van der Waals surface area (Å²) in [4.78, 5) is 27.0. The molecule has 0 amide bonds. The number of hydrogen-bond acceptors (Lipinski definition) is 6. The Labute approximate surface area is 193 Å². The molecule has 3 rings (SSSR count). The fraction of sp³-hybridized carbons (Fsp3) is 0.292. The van der Waals surface area contributed by atoms with Crippen LogP contribution in [0.15, 0.2) is 59.8 Å². The van der Waals surface area contributed by atoms with Crippen molar-refractivity contribution in [2.75, 3.05) is 20.3 Å². The van der Waals surface area contributed by atoms with Crippen molar-refractivity contribution in [3.8, 4) is 11.5 Å². The number of esters is 2. The van der Waals surface area contributed by atoms with Gasteiger partial charge in [0.15, 0.2) is 16.6 Å². The first-order valence-corrected chi connectivity index (χ1v) is 10.7. The van der Waals surface area contributed by atoms with Crippen molar-refractivity contribution in [1.82, 2.24) is 10.2 Å². The van der Waals surface area contributed by atoms with Gasteiger partial charge in [-0.2, -0.15) is 0 Å². The Balaban J connectivity index is 1.98. The lowest BCUT2D eigenvalue weighted by atomic mass is 9.95. The molecule has 0 radical (unpaired) electrons. The molecule has 0 aliphatic carbocycles. The number of allylic oxidation sites excluding steroid dienone is 1. The SMILES string of the molecule is CCOC(=O)C1=C(C)N(C)C(=S)N[C@@H]1c1ccc(OC(=O)c2ccccc2)c(OCC)c1. The summed E-state index contributed by atoms with van der Waals surface area (Å²) in [5, 5.41) is 3.68. The number of nitrogens with one attached hydrogen (secondary N) is 1. The number of rotatable bonds is 7. The Morgan fingerprint density at radius 2 is 1.75 bits per heavy atom. The summed E-state index contributed by atoms with van der Waals surface area (Å²) in [7, 11) is 1.79. The van der Waals surface area contributed by atoms with Crippen molar-refractivity contribution < 1.29 is 23.8 Å². The summed E-state index contributed by atoms with van der Waals surface area (Å²) < 4.78 is 16.6. The topological polar surface area (TPSA) is 77.1 Å². The van der Waals surface area contributed by atoms with Crippen LogP contribution in [0.3, 0.4) is 0 Å². The molecule has 1 aliphatic heterocycles. The molecule has 1 heterocycles. The Bertz CT molecular complexity index is 1050. The number of hydrogen-bond donors (Lipinski definition) is 1. The minimum Gasteiger partial charge on any atom is -0.490 e. The minimum atomic E-state index is -0.532. The second-order valence-corrected chi connectivity index (χ2v) is 7.44. The van der Waals surface area contributed by atoms with E-state index in [1.54, 1.807) is 61.3 Å². The van der Waals surface area contributed by atoms with E-state index in [0.717, 1.165) is 5.56 Å². The summed E-state index contributed by atoms with van der Waals surface area (Å²) in [6.07, 6.45) is 0. The zero-order valence-corrected chi connectivity index (χ0v) is 19.3. The van der Waals surface area contributed by atoms with E-state index in [2.05, 4.69) is 5.32 Å². The van der Waals surface area contributed by atoms with E-state index in [-0.39, 0.29) is 6.61 Å². The molecule has 1 atom stereocenters. The van der Waals surface area contributed by atoms with Gasteiger partial charge in [0.1, 0.15) is 0 Å². The van der Waals surface area contributed by atoms with E-state index in [0.29, 0.717) is 40.1 Å². The van der Waals surface area contributed by atoms with Gasteiger partial charge in [-0.25, -0.2) is 9.59 Å². The third kappa shape index (κ3) is 4.91. The van der Waals surface area contributed by atoms with E-state index in [4.69, 9.17) is 26.4 Å². The lowest BCUT2D eigenvalue weighted by Crippen LogP contribution is -2.46. The number of ether oxygens (including phenoxy) is 3. The van der Waals surface area contributed by atoms with E-state index < -0.39 is 18.0 Å². The first kappa shape index (κ1) is 23.3. The molecule has 1 aliphatic rings. The molecule has 2 aromatic rings. The van der Waals surface area contributed by atoms with E-state index in [9.17, 15) is 9.59 Å². The molecule has 0 bridgehead atoms. The maximum atomic E-state index is 12.7. The monoisotopic (exact) mass is 454 g/mol. The smallest absolute Gasteiger partial charge is 0.343 e. The molecule has 0 aromatic heterocycles. The molecule has 0 unspecified atom stereocenters. The van der Waals surface area contributed by atoms with Crippen molar-refractivity contribution in [1.29, 1.82) is 0 Å². The summed E-state index contributed by atoms with van der Waals surface area (Å²) in [6, 6.07) is 13.4. The van der Waals surface area contributed by atoms with Gasteiger partial charge in [-0.05, 0) is 62.8 Å². The quantitative estimate of drug-likeness (QED) is 0.382. The first-order valence-electron chi connectivity index (χ1n) is 10.3. The van der Waals surface area contributed by atoms with Gasteiger partial charge in [-0.3, -0.25) is 0 Å². The van der Waals surface area contributed by atoms with Crippen LogP contribution in [0.1, 0.15) is 42.7 Å². The van der Waals surface area contributed by atoms with Crippen LogP contribution in [0, 0.1) is 0 Å². The normalized spacial score (nSPS) is 15.8. The summed E-state index contributed by atoms with van der Waals surface area (Å²) in [5.74, 6) is -0.227. The maximum Gasteiger partial charge on any atom is 0.343 e. The van der Waals surface area contributed by atoms with Crippen LogP contribution < -0.4 is 14.8 Å². The van der Waals surface area contributed by atoms with Crippen LogP contribution in [-0.4, -0.2) is 42.2 Å². The molecular formula is C24H26N2O5S. The Kier molecular flexibility index (Phi) is 7.48. The number of carbonyl (C=O) groups is 2. The highest BCUT2D eigenvalue weighted by Gasteiger charge is 2.34. The average Bonchev–Trinajstić information content (AvgIpc) is 2.79. The molecule has 8 heteroatoms. The molecule has 2 aromatic carbocycles. The van der Waals surface area contributed by atoms with Crippen LogP contribution in [0.4, 0.5) is 0 Å². The Hall–Kier alpha value is -3.39. The molecule has 168 valence electrons. The number of nitrogens with zero attached hydrogens (tertiary/aromatic N) is 1. The van der Waals surface area contributed by atoms with Gasteiger partial charge in [0.25, 0.3) is 0 Å². The molecular weight excluding hydrogens is 428 g/mol. The second kappa shape index (κ2) is 10.3. The molecule has 0 saturated heterocycles. The lowest BCUT2D eigenvalue weighted by molar-refractivity contribution is -0.139. The van der Waals surface area contributed by atoms with Gasteiger partial charge in [0.2, 0.25) is 0 Å². The van der Waals surface area contributed by atoms with Gasteiger partial charge in [0.05, 0.1) is 30.4 Å². The zero-order valence-electron chi connectivity index (χ0n) is 18.5. The number of carbonyl (C=O) groups excluding carboxylic acids is 2. The zero-order chi connectivity index (χ0) is 23.3. The van der Waals surface area contributed by atoms with Crippen molar-refractivity contribution in [2.24, 2.45) is 0 Å². The van der Waals surface area contributed by atoms with Crippen LogP contribution in [0.2, 0.25) is 0 Å². The third-order valence-electron chi connectivity index (χ3n) is 5.06. The standard InChI is InChI=1S/C24H26N2O5S/c1-5-29-19-14-17(12-13-18(19)31-22(27)16-10-8-7-9-11-16)21-20(23(28)30-6-2)15(3)26(4)24(32)25-21/h7-14,21H,5-6H2,1-4H3,(H,25,32)/t21-/m1/s1. The van der Waals surface area contributed by atoms with Crippen molar-refractivity contribution in [3.05, 3.63) is 70.9 Å². The third-order valence-corrected chi connectivity index (χ3v) is 5.45. The Morgan fingerprint density at radius 3 is 2.41 bits per heavy atom. The average molecular weight is 455 g/mol. The van der Waals surface area contributed by atoms with Gasteiger partial charge in [-0.15, -0.1) is 0 Å². The van der Waals surface area contributed by atoms with Gasteiger partial charge in [-0.1, -0.05) is 24.3 Å². The maximum absolute atomic E-state index is 12.7. The molecule has 0 fully saturated rings. The molecule has 0 spiro atoms. The number of thiocarbonyl (C=S) groups is 1. The lowest BCUT2D eigenvalue weighted by Gasteiger charge is -2.35. The largest absolute Gasteiger partial charge is 0.490 e. The predicted octanol–water partition coefficient (Wildman–Crippen LogP) is 4.00. The summed E-state index contributed by atoms with van der Waals surface area (Å²) >= 11 is 5.44. The van der Waals surface area contributed by atoms with Gasteiger partial charge >= 0.3 is 11.9 Å². The highest BCUT2D eigenvalue weighted by atomic mass is 32.1.